The van der Waals surface area contributed by atoms with Gasteiger partial charge >= 0.3 is 6.18 Å². The van der Waals surface area contributed by atoms with Gasteiger partial charge in [-0.15, -0.1) is 11.3 Å². The number of thiophene rings is 1. The van der Waals surface area contributed by atoms with Crippen LogP contribution < -0.4 is 0 Å². The van der Waals surface area contributed by atoms with Crippen LogP contribution in [0.4, 0.5) is 13.2 Å². The highest BCUT2D eigenvalue weighted by atomic mass is 32.1. The maximum absolute atomic E-state index is 12.8. The topological polar surface area (TPSA) is 22.8 Å². The predicted octanol–water partition coefficient (Wildman–Crippen LogP) is 4.91. The Labute approximate surface area is 133 Å². The summed E-state index contributed by atoms with van der Waals surface area (Å²) in [6.45, 7) is 1.99. The summed E-state index contributed by atoms with van der Waals surface area (Å²) in [6.07, 6.45) is -4.33. The normalized spacial score (nSPS) is 12.6. The Balaban J connectivity index is 2.00. The minimum atomic E-state index is -4.33. The summed E-state index contributed by atoms with van der Waals surface area (Å²) in [5, 5.41) is 8.64. The molecular formula is C16H12F3N3S. The molecule has 0 radical (unpaired) electrons. The highest BCUT2D eigenvalue weighted by molar-refractivity contribution is 7.17. The number of hydrogen-bond donors (Lipinski definition) is 0. The van der Waals surface area contributed by atoms with Crippen LogP contribution >= 0.6 is 11.3 Å². The molecule has 7 heteroatoms. The van der Waals surface area contributed by atoms with E-state index in [-0.39, 0.29) is 0 Å². The Morgan fingerprint density at radius 2 is 1.78 bits per heavy atom. The van der Waals surface area contributed by atoms with Crippen LogP contribution in [0.25, 0.3) is 26.9 Å². The van der Waals surface area contributed by atoms with Crippen molar-refractivity contribution in [3.63, 3.8) is 0 Å². The fourth-order valence-electron chi connectivity index (χ4n) is 2.86. The third kappa shape index (κ3) is 1.99. The summed E-state index contributed by atoms with van der Waals surface area (Å²) in [4.78, 5) is 0.992. The highest BCUT2D eigenvalue weighted by Gasteiger charge is 2.30. The van der Waals surface area contributed by atoms with E-state index in [9.17, 15) is 13.2 Å². The quantitative estimate of drug-likeness (QED) is 0.485. The van der Waals surface area contributed by atoms with E-state index in [1.165, 1.54) is 12.1 Å². The molecule has 0 aliphatic carbocycles. The summed E-state index contributed by atoms with van der Waals surface area (Å²) in [7, 11) is 1.87. The minimum Gasteiger partial charge on any atom is -0.283 e. The molecule has 118 valence electrons. The fourth-order valence-corrected chi connectivity index (χ4v) is 3.79. The van der Waals surface area contributed by atoms with E-state index in [0.717, 1.165) is 39.1 Å². The van der Waals surface area contributed by atoms with Crippen molar-refractivity contribution in [2.45, 2.75) is 13.1 Å². The van der Waals surface area contributed by atoms with E-state index >= 15 is 0 Å². The minimum absolute atomic E-state index is 0.649. The molecule has 0 aliphatic rings. The fraction of sp³-hybridized carbons (Fsp3) is 0.188. The Morgan fingerprint density at radius 1 is 1.09 bits per heavy atom. The second-order valence-electron chi connectivity index (χ2n) is 5.43. The lowest BCUT2D eigenvalue weighted by Crippen LogP contribution is -2.05. The van der Waals surface area contributed by atoms with Gasteiger partial charge in [0.15, 0.2) is 5.65 Å². The molecule has 0 fully saturated rings. The van der Waals surface area contributed by atoms with Gasteiger partial charge in [0, 0.05) is 23.8 Å². The monoisotopic (exact) mass is 335 g/mol. The van der Waals surface area contributed by atoms with Crippen LogP contribution in [0.15, 0.2) is 35.7 Å². The number of benzene rings is 1. The molecule has 0 saturated carbocycles. The number of alkyl halides is 3. The van der Waals surface area contributed by atoms with E-state index in [4.69, 9.17) is 0 Å². The molecule has 4 aromatic rings. The van der Waals surface area contributed by atoms with Gasteiger partial charge in [0.1, 0.15) is 4.83 Å². The average molecular weight is 335 g/mol. The molecule has 0 atom stereocenters. The predicted molar refractivity (Wildman–Crippen MR) is 85.2 cm³/mol. The number of fused-ring (bicyclic) bond motifs is 3. The van der Waals surface area contributed by atoms with Crippen LogP contribution in [0.3, 0.4) is 0 Å². The van der Waals surface area contributed by atoms with Gasteiger partial charge < -0.3 is 0 Å². The van der Waals surface area contributed by atoms with Crippen molar-refractivity contribution in [2.75, 3.05) is 0 Å². The summed E-state index contributed by atoms with van der Waals surface area (Å²) in [5.74, 6) is 0. The van der Waals surface area contributed by atoms with E-state index in [2.05, 4.69) is 5.10 Å². The number of halogens is 3. The van der Waals surface area contributed by atoms with Gasteiger partial charge in [-0.2, -0.15) is 18.3 Å². The van der Waals surface area contributed by atoms with Crippen molar-refractivity contribution in [3.8, 4) is 5.69 Å². The first-order valence-corrected chi connectivity index (χ1v) is 7.85. The van der Waals surface area contributed by atoms with Crippen LogP contribution in [0.5, 0.6) is 0 Å². The lowest BCUT2D eigenvalue weighted by molar-refractivity contribution is -0.137. The number of rotatable bonds is 1. The summed E-state index contributed by atoms with van der Waals surface area (Å²) in [5.41, 5.74) is 1.84. The van der Waals surface area contributed by atoms with Gasteiger partial charge in [-0.05, 0) is 42.6 Å². The molecular weight excluding hydrogens is 323 g/mol. The summed E-state index contributed by atoms with van der Waals surface area (Å²) >= 11 is 1.55. The molecule has 4 rings (SSSR count). The van der Waals surface area contributed by atoms with Crippen molar-refractivity contribution < 1.29 is 13.2 Å². The first kappa shape index (κ1) is 14.3. The van der Waals surface area contributed by atoms with Crippen LogP contribution in [-0.2, 0) is 13.2 Å². The van der Waals surface area contributed by atoms with Crippen LogP contribution in [-0.4, -0.2) is 14.3 Å². The Hall–Kier alpha value is -2.28. The van der Waals surface area contributed by atoms with E-state index < -0.39 is 11.7 Å². The average Bonchev–Trinajstić information content (AvgIpc) is 3.12. The Kier molecular flexibility index (Phi) is 2.87. The van der Waals surface area contributed by atoms with Crippen LogP contribution in [0.1, 0.15) is 11.3 Å². The molecule has 3 nitrogen and oxygen atoms in total. The van der Waals surface area contributed by atoms with Crippen molar-refractivity contribution in [3.05, 3.63) is 47.0 Å². The van der Waals surface area contributed by atoms with Crippen molar-refractivity contribution in [1.29, 1.82) is 0 Å². The highest BCUT2D eigenvalue weighted by Crippen LogP contribution is 2.37. The van der Waals surface area contributed by atoms with Gasteiger partial charge in [0.2, 0.25) is 0 Å². The molecule has 0 unspecified atom stereocenters. The maximum atomic E-state index is 12.8. The van der Waals surface area contributed by atoms with Gasteiger partial charge in [-0.25, -0.2) is 0 Å². The third-order valence-electron chi connectivity index (χ3n) is 4.10. The van der Waals surface area contributed by atoms with Crippen molar-refractivity contribution in [2.24, 2.45) is 7.05 Å². The van der Waals surface area contributed by atoms with Crippen molar-refractivity contribution >= 4 is 32.6 Å². The first-order chi connectivity index (χ1) is 10.9. The zero-order valence-corrected chi connectivity index (χ0v) is 13.2. The van der Waals surface area contributed by atoms with Crippen LogP contribution in [0.2, 0.25) is 0 Å². The smallest absolute Gasteiger partial charge is 0.283 e. The SMILES string of the molecule is Cc1c2c3ccsc3n(-c3ccc(C(F)(F)F)cc3)c2nn1C. The second kappa shape index (κ2) is 4.61. The van der Waals surface area contributed by atoms with Crippen LogP contribution in [0, 0.1) is 6.92 Å². The number of hydrogen-bond acceptors (Lipinski definition) is 2. The molecule has 0 amide bonds. The summed E-state index contributed by atoms with van der Waals surface area (Å²) in [6, 6.07) is 7.22. The van der Waals surface area contributed by atoms with Gasteiger partial charge in [-0.1, -0.05) is 0 Å². The van der Waals surface area contributed by atoms with Gasteiger partial charge in [0.25, 0.3) is 0 Å². The Morgan fingerprint density at radius 3 is 2.43 bits per heavy atom. The molecule has 3 heterocycles. The van der Waals surface area contributed by atoms with Crippen molar-refractivity contribution in [1.82, 2.24) is 14.3 Å². The zero-order chi connectivity index (χ0) is 16.4. The molecule has 0 spiro atoms. The van der Waals surface area contributed by atoms with Gasteiger partial charge in [-0.3, -0.25) is 9.25 Å². The zero-order valence-electron chi connectivity index (χ0n) is 12.3. The van der Waals surface area contributed by atoms with Gasteiger partial charge in [0.05, 0.1) is 10.9 Å². The molecule has 0 saturated heterocycles. The molecule has 0 aliphatic heterocycles. The van der Waals surface area contributed by atoms with E-state index in [0.29, 0.717) is 5.69 Å². The third-order valence-corrected chi connectivity index (χ3v) is 5.00. The molecule has 0 bridgehead atoms. The lowest BCUT2D eigenvalue weighted by atomic mass is 10.2. The molecule has 3 aromatic heterocycles. The van der Waals surface area contributed by atoms with E-state index in [1.807, 2.05) is 30.0 Å². The number of aryl methyl sites for hydroxylation is 2. The largest absolute Gasteiger partial charge is 0.416 e. The molecule has 0 N–H and O–H groups in total. The molecule has 1 aromatic carbocycles. The standard InChI is InChI=1S/C16H12F3N3S/c1-9-13-12-7-8-23-15(12)22(14(13)20-21(9)2)11-5-3-10(4-6-11)16(17,18)19/h3-8H,1-2H3. The second-order valence-corrected chi connectivity index (χ2v) is 6.32. The first-order valence-electron chi connectivity index (χ1n) is 6.97. The number of aromatic nitrogens is 3. The number of nitrogens with zero attached hydrogens (tertiary/aromatic N) is 3. The Bertz CT molecular complexity index is 1020. The molecule has 23 heavy (non-hydrogen) atoms. The summed E-state index contributed by atoms with van der Waals surface area (Å²) < 4.78 is 42.0. The maximum Gasteiger partial charge on any atom is 0.416 e. The lowest BCUT2D eigenvalue weighted by Gasteiger charge is -2.09. The van der Waals surface area contributed by atoms with E-state index in [1.54, 1.807) is 16.0 Å².